The Bertz CT molecular complexity index is 492. The van der Waals surface area contributed by atoms with Crippen molar-refractivity contribution in [2.24, 2.45) is 10.9 Å². The third kappa shape index (κ3) is 4.50. The predicted octanol–water partition coefficient (Wildman–Crippen LogP) is 2.41. The number of guanidine groups is 1. The summed E-state index contributed by atoms with van der Waals surface area (Å²) in [5.41, 5.74) is 0. The van der Waals surface area contributed by atoms with Crippen molar-refractivity contribution in [1.29, 1.82) is 0 Å². The molecule has 128 valence electrons. The van der Waals surface area contributed by atoms with Crippen molar-refractivity contribution in [1.82, 2.24) is 10.2 Å². The Hall–Kier alpha value is -1.49. The Labute approximate surface area is 138 Å². The number of nitrogens with one attached hydrogen (secondary N) is 1. The summed E-state index contributed by atoms with van der Waals surface area (Å²) >= 11 is 0. The molecule has 0 radical (unpaired) electrons. The maximum atomic E-state index is 9.84. The van der Waals surface area contributed by atoms with Gasteiger partial charge in [0.2, 0.25) is 0 Å². The van der Waals surface area contributed by atoms with Gasteiger partial charge in [-0.1, -0.05) is 12.8 Å². The van der Waals surface area contributed by atoms with Crippen LogP contribution in [0.1, 0.15) is 44.8 Å². The van der Waals surface area contributed by atoms with E-state index >= 15 is 0 Å². The lowest BCUT2D eigenvalue weighted by atomic mass is 10.0. The first-order valence-electron chi connectivity index (χ1n) is 8.99. The van der Waals surface area contributed by atoms with E-state index in [0.29, 0.717) is 12.0 Å². The van der Waals surface area contributed by atoms with Crippen molar-refractivity contribution >= 4 is 5.96 Å². The first-order valence-corrected chi connectivity index (χ1v) is 8.99. The molecule has 2 atom stereocenters. The smallest absolute Gasteiger partial charge is 0.194 e. The molecule has 1 saturated carbocycles. The Morgan fingerprint density at radius 3 is 2.91 bits per heavy atom. The third-order valence-electron chi connectivity index (χ3n) is 5.09. The molecule has 5 heteroatoms. The van der Waals surface area contributed by atoms with Crippen LogP contribution in [0.2, 0.25) is 0 Å². The number of furan rings is 1. The predicted molar refractivity (Wildman–Crippen MR) is 91.5 cm³/mol. The fourth-order valence-corrected chi connectivity index (χ4v) is 3.59. The fraction of sp³-hybridized carbons (Fsp3) is 0.722. The second kappa shape index (κ2) is 7.86. The average molecular weight is 319 g/mol. The average Bonchev–Trinajstić information content (AvgIpc) is 3.28. The largest absolute Gasteiger partial charge is 0.469 e. The van der Waals surface area contributed by atoms with Crippen molar-refractivity contribution in [2.75, 3.05) is 19.6 Å². The molecule has 1 saturated heterocycles. The van der Waals surface area contributed by atoms with E-state index in [2.05, 4.69) is 10.2 Å². The first-order chi connectivity index (χ1) is 11.2. The number of aliphatic imine (C=N–C) groups is 1. The van der Waals surface area contributed by atoms with E-state index in [1.165, 1.54) is 25.7 Å². The number of hydrogen-bond acceptors (Lipinski definition) is 3. The Morgan fingerprint density at radius 2 is 2.26 bits per heavy atom. The van der Waals surface area contributed by atoms with Crippen molar-refractivity contribution < 1.29 is 9.52 Å². The Balaban J connectivity index is 1.60. The lowest BCUT2D eigenvalue weighted by Crippen LogP contribution is -2.44. The molecule has 0 bridgehead atoms. The van der Waals surface area contributed by atoms with Gasteiger partial charge in [-0.25, -0.2) is 0 Å². The van der Waals surface area contributed by atoms with Crippen LogP contribution in [0.4, 0.5) is 0 Å². The molecule has 2 heterocycles. The molecule has 1 aromatic heterocycles. The molecular formula is C18H29N3O2. The normalized spacial score (nSPS) is 24.3. The van der Waals surface area contributed by atoms with Gasteiger partial charge in [0.1, 0.15) is 5.76 Å². The lowest BCUT2D eigenvalue weighted by molar-refractivity contribution is 0.132. The summed E-state index contributed by atoms with van der Waals surface area (Å²) in [6.07, 6.45) is 8.45. The summed E-state index contributed by atoms with van der Waals surface area (Å²) in [7, 11) is 0. The van der Waals surface area contributed by atoms with Gasteiger partial charge < -0.3 is 19.7 Å². The molecule has 5 nitrogen and oxygen atoms in total. The van der Waals surface area contributed by atoms with E-state index in [1.54, 1.807) is 6.26 Å². The van der Waals surface area contributed by atoms with Crippen LogP contribution in [0.3, 0.4) is 0 Å². The molecule has 0 spiro atoms. The highest BCUT2D eigenvalue weighted by Gasteiger charge is 2.29. The van der Waals surface area contributed by atoms with E-state index in [4.69, 9.17) is 9.41 Å². The summed E-state index contributed by atoms with van der Waals surface area (Å²) in [6, 6.07) is 4.48. The second-order valence-corrected chi connectivity index (χ2v) is 6.90. The number of aliphatic hydroxyl groups is 1. The molecular weight excluding hydrogens is 290 g/mol. The molecule has 2 aliphatic rings. The Morgan fingerprint density at radius 1 is 1.43 bits per heavy atom. The van der Waals surface area contributed by atoms with E-state index in [9.17, 15) is 5.11 Å². The minimum absolute atomic E-state index is 0.240. The number of nitrogens with zero attached hydrogens (tertiary/aromatic N) is 2. The van der Waals surface area contributed by atoms with Crippen molar-refractivity contribution in [3.05, 3.63) is 24.2 Å². The molecule has 2 N–H and O–H groups in total. The zero-order chi connectivity index (χ0) is 16.1. The molecule has 3 rings (SSSR count). The summed E-state index contributed by atoms with van der Waals surface area (Å²) in [5.74, 6) is 2.36. The molecule has 0 amide bonds. The van der Waals surface area contributed by atoms with Crippen LogP contribution < -0.4 is 5.32 Å². The monoisotopic (exact) mass is 319 g/mol. The lowest BCUT2D eigenvalue weighted by Gasteiger charge is -2.25. The summed E-state index contributed by atoms with van der Waals surface area (Å²) in [6.45, 7) is 4.51. The van der Waals surface area contributed by atoms with Crippen LogP contribution in [-0.2, 0) is 6.42 Å². The van der Waals surface area contributed by atoms with Crippen LogP contribution in [0.25, 0.3) is 0 Å². The number of rotatable bonds is 5. The molecule has 0 aromatic carbocycles. The standard InChI is InChI=1S/C18H29N3O2/c1-14(22)15-9-11-21(13-15)18(20-16-5-2-3-6-16)19-10-8-17-7-4-12-23-17/h4,7,12,14-16,22H,2-3,5-6,8-11,13H2,1H3,(H,19,20). The van der Waals surface area contributed by atoms with Crippen LogP contribution in [0, 0.1) is 5.92 Å². The SMILES string of the molecule is CC(O)C1CCN(C(=NCCc2ccco2)NC2CCCC2)C1. The molecule has 1 aromatic rings. The second-order valence-electron chi connectivity index (χ2n) is 6.90. The number of aliphatic hydroxyl groups excluding tert-OH is 1. The van der Waals surface area contributed by atoms with E-state index in [-0.39, 0.29) is 6.10 Å². The van der Waals surface area contributed by atoms with Gasteiger partial charge in [0.05, 0.1) is 12.4 Å². The maximum absolute atomic E-state index is 9.84. The van der Waals surface area contributed by atoms with Gasteiger partial charge in [-0.05, 0) is 38.3 Å². The van der Waals surface area contributed by atoms with Gasteiger partial charge in [-0.15, -0.1) is 0 Å². The minimum atomic E-state index is -0.240. The van der Waals surface area contributed by atoms with Crippen molar-refractivity contribution in [3.8, 4) is 0 Å². The molecule has 2 unspecified atom stereocenters. The highest BCUT2D eigenvalue weighted by Crippen LogP contribution is 2.22. The van der Waals surface area contributed by atoms with E-state index in [0.717, 1.165) is 44.2 Å². The summed E-state index contributed by atoms with van der Waals surface area (Å²) < 4.78 is 5.39. The van der Waals surface area contributed by atoms with Gasteiger partial charge in [0.15, 0.2) is 5.96 Å². The van der Waals surface area contributed by atoms with E-state index in [1.807, 2.05) is 19.1 Å². The zero-order valence-electron chi connectivity index (χ0n) is 14.1. The summed E-state index contributed by atoms with van der Waals surface area (Å²) in [4.78, 5) is 7.15. The first kappa shape index (κ1) is 16.4. The Kier molecular flexibility index (Phi) is 5.60. The molecule has 23 heavy (non-hydrogen) atoms. The van der Waals surface area contributed by atoms with Gasteiger partial charge in [-0.3, -0.25) is 4.99 Å². The van der Waals surface area contributed by atoms with Crippen LogP contribution in [-0.4, -0.2) is 47.7 Å². The minimum Gasteiger partial charge on any atom is -0.469 e. The molecule has 1 aliphatic carbocycles. The van der Waals surface area contributed by atoms with E-state index < -0.39 is 0 Å². The van der Waals surface area contributed by atoms with Crippen LogP contribution in [0.5, 0.6) is 0 Å². The maximum Gasteiger partial charge on any atom is 0.194 e. The zero-order valence-corrected chi connectivity index (χ0v) is 14.1. The van der Waals surface area contributed by atoms with Crippen LogP contribution >= 0.6 is 0 Å². The molecule has 1 aliphatic heterocycles. The van der Waals surface area contributed by atoms with Gasteiger partial charge in [0.25, 0.3) is 0 Å². The number of likely N-dealkylation sites (tertiary alicyclic amines) is 1. The van der Waals surface area contributed by atoms with Crippen LogP contribution in [0.15, 0.2) is 27.8 Å². The highest BCUT2D eigenvalue weighted by atomic mass is 16.3. The van der Waals surface area contributed by atoms with Crippen molar-refractivity contribution in [3.63, 3.8) is 0 Å². The van der Waals surface area contributed by atoms with Gasteiger partial charge in [-0.2, -0.15) is 0 Å². The molecule has 2 fully saturated rings. The quantitative estimate of drug-likeness (QED) is 0.646. The van der Waals surface area contributed by atoms with Gasteiger partial charge >= 0.3 is 0 Å². The fourth-order valence-electron chi connectivity index (χ4n) is 3.59. The highest BCUT2D eigenvalue weighted by molar-refractivity contribution is 5.80. The topological polar surface area (TPSA) is 61.0 Å². The summed E-state index contributed by atoms with van der Waals surface area (Å²) in [5, 5.41) is 13.5. The number of hydrogen-bond donors (Lipinski definition) is 2. The van der Waals surface area contributed by atoms with Gasteiger partial charge in [0, 0.05) is 38.0 Å². The third-order valence-corrected chi connectivity index (χ3v) is 5.09. The van der Waals surface area contributed by atoms with Crippen molar-refractivity contribution in [2.45, 2.75) is 57.6 Å².